The van der Waals surface area contributed by atoms with E-state index in [2.05, 4.69) is 5.32 Å². The summed E-state index contributed by atoms with van der Waals surface area (Å²) in [4.78, 5) is 32.6. The largest absolute Gasteiger partial charge is 0.480 e. The van der Waals surface area contributed by atoms with E-state index >= 15 is 0 Å². The van der Waals surface area contributed by atoms with Gasteiger partial charge in [-0.1, -0.05) is 0 Å². The smallest absolute Gasteiger partial charge is 0.328 e. The fourth-order valence-corrected chi connectivity index (χ4v) is 0.725. The number of aliphatic hydroxyl groups excluding tert-OH is 1. The Hall–Kier alpha value is -1.83. The summed E-state index contributed by atoms with van der Waals surface area (Å²) in [6, 6.07) is -2.33. The fourth-order valence-electron chi connectivity index (χ4n) is 0.725. The minimum absolute atomic E-state index is 0.750. The first kappa shape index (κ1) is 14.2. The van der Waals surface area contributed by atoms with Crippen LogP contribution in [0.25, 0.3) is 0 Å². The lowest BCUT2D eigenvalue weighted by Crippen LogP contribution is -2.58. The van der Waals surface area contributed by atoms with Crippen molar-refractivity contribution >= 4 is 17.9 Å². The lowest BCUT2D eigenvalue weighted by atomic mass is 10.1. The van der Waals surface area contributed by atoms with Gasteiger partial charge in [0.1, 0.15) is 5.54 Å². The highest BCUT2D eigenvalue weighted by molar-refractivity contribution is 5.90. The maximum Gasteiger partial charge on any atom is 0.328 e. The quantitative estimate of drug-likeness (QED) is 0.373. The van der Waals surface area contributed by atoms with Crippen LogP contribution in [0.15, 0.2) is 0 Å². The lowest BCUT2D eigenvalue weighted by molar-refractivity contribution is -0.140. The van der Waals surface area contributed by atoms with Crippen molar-refractivity contribution in [1.82, 2.24) is 10.6 Å². The number of rotatable bonds is 5. The molecule has 6 N–H and O–H groups in total. The molecule has 1 atom stereocenters. The average molecular weight is 233 g/mol. The van der Waals surface area contributed by atoms with Crippen molar-refractivity contribution in [2.45, 2.75) is 25.4 Å². The first-order valence-corrected chi connectivity index (χ1v) is 4.43. The highest BCUT2D eigenvalue weighted by Crippen LogP contribution is 1.99. The number of carboxylic acid groups (broad SMARTS) is 1. The molecule has 0 bridgehead atoms. The number of carbonyl (C=O) groups is 3. The molecule has 8 nitrogen and oxygen atoms in total. The van der Waals surface area contributed by atoms with E-state index < -0.39 is 36.1 Å². The Labute approximate surface area is 91.8 Å². The molecule has 3 amide bonds. The van der Waals surface area contributed by atoms with Gasteiger partial charge in [-0.15, -0.1) is 0 Å². The van der Waals surface area contributed by atoms with Crippen LogP contribution in [0.1, 0.15) is 13.8 Å². The summed E-state index contributed by atoms with van der Waals surface area (Å²) < 4.78 is 0. The predicted octanol–water partition coefficient (Wildman–Crippen LogP) is -2.00. The summed E-state index contributed by atoms with van der Waals surface area (Å²) >= 11 is 0. The highest BCUT2D eigenvalue weighted by atomic mass is 16.4. The van der Waals surface area contributed by atoms with Crippen molar-refractivity contribution in [3.63, 3.8) is 0 Å². The maximum atomic E-state index is 11.2. The molecule has 0 saturated heterocycles. The van der Waals surface area contributed by atoms with Gasteiger partial charge in [-0.3, -0.25) is 4.79 Å². The number of carbonyl (C=O) groups excluding carboxylic acids is 2. The molecule has 92 valence electrons. The zero-order valence-electron chi connectivity index (χ0n) is 8.98. The molecule has 0 aliphatic rings. The Kier molecular flexibility index (Phi) is 4.70. The summed E-state index contributed by atoms with van der Waals surface area (Å²) in [5, 5.41) is 21.3. The summed E-state index contributed by atoms with van der Waals surface area (Å²) in [6.45, 7) is 1.98. The zero-order valence-corrected chi connectivity index (χ0v) is 8.98. The van der Waals surface area contributed by atoms with Crippen molar-refractivity contribution in [1.29, 1.82) is 0 Å². The van der Waals surface area contributed by atoms with Crippen LogP contribution in [-0.4, -0.2) is 46.3 Å². The molecule has 8 heteroatoms. The predicted molar refractivity (Wildman–Crippen MR) is 53.5 cm³/mol. The summed E-state index contributed by atoms with van der Waals surface area (Å²) in [7, 11) is 0. The maximum absolute atomic E-state index is 11.2. The van der Waals surface area contributed by atoms with Gasteiger partial charge in [0.2, 0.25) is 5.91 Å². The van der Waals surface area contributed by atoms with Crippen molar-refractivity contribution in [2.24, 2.45) is 5.73 Å². The van der Waals surface area contributed by atoms with Crippen molar-refractivity contribution in [3.05, 3.63) is 0 Å². The van der Waals surface area contributed by atoms with Crippen molar-refractivity contribution in [2.75, 3.05) is 6.61 Å². The van der Waals surface area contributed by atoms with Crippen LogP contribution in [0.5, 0.6) is 0 Å². The van der Waals surface area contributed by atoms with E-state index in [-0.39, 0.29) is 0 Å². The third-order valence-corrected chi connectivity index (χ3v) is 1.83. The van der Waals surface area contributed by atoms with E-state index in [9.17, 15) is 14.4 Å². The Balaban J connectivity index is 4.38. The van der Waals surface area contributed by atoms with Gasteiger partial charge in [0.25, 0.3) is 0 Å². The minimum Gasteiger partial charge on any atom is -0.480 e. The van der Waals surface area contributed by atoms with Gasteiger partial charge in [-0.2, -0.15) is 0 Å². The van der Waals surface area contributed by atoms with E-state index in [1.807, 2.05) is 5.32 Å². The van der Waals surface area contributed by atoms with E-state index in [0.29, 0.717) is 0 Å². The first-order valence-electron chi connectivity index (χ1n) is 4.43. The number of hydrogen-bond donors (Lipinski definition) is 5. The Morgan fingerprint density at radius 3 is 2.19 bits per heavy atom. The molecule has 0 aromatic rings. The number of primary amides is 1. The van der Waals surface area contributed by atoms with E-state index in [1.165, 1.54) is 13.8 Å². The zero-order chi connectivity index (χ0) is 12.9. The summed E-state index contributed by atoms with van der Waals surface area (Å²) in [5.41, 5.74) is 3.69. The number of nitrogens with one attached hydrogen (secondary N) is 2. The molecule has 0 fully saturated rings. The van der Waals surface area contributed by atoms with Crippen LogP contribution in [0.3, 0.4) is 0 Å². The number of aliphatic hydroxyl groups is 1. The van der Waals surface area contributed by atoms with Gasteiger partial charge in [0, 0.05) is 0 Å². The third-order valence-electron chi connectivity index (χ3n) is 1.83. The summed E-state index contributed by atoms with van der Waals surface area (Å²) in [6.07, 6.45) is 0. The molecule has 0 unspecified atom stereocenters. The molecule has 0 heterocycles. The SMILES string of the molecule is CC(C)(NC(=O)N[C@H](CO)C(=O)O)C(N)=O. The monoisotopic (exact) mass is 233 g/mol. The van der Waals surface area contributed by atoms with E-state index in [0.717, 1.165) is 0 Å². The van der Waals surface area contributed by atoms with Gasteiger partial charge < -0.3 is 26.6 Å². The molecule has 0 spiro atoms. The normalized spacial score (nSPS) is 12.7. The van der Waals surface area contributed by atoms with Gasteiger partial charge in [-0.05, 0) is 13.8 Å². The van der Waals surface area contributed by atoms with Crippen LogP contribution in [0.2, 0.25) is 0 Å². The van der Waals surface area contributed by atoms with Gasteiger partial charge >= 0.3 is 12.0 Å². The molecule has 16 heavy (non-hydrogen) atoms. The van der Waals surface area contributed by atoms with Crippen LogP contribution in [0.4, 0.5) is 4.79 Å². The molecule has 0 radical (unpaired) electrons. The topological polar surface area (TPSA) is 142 Å². The van der Waals surface area contributed by atoms with Gasteiger partial charge in [0.15, 0.2) is 6.04 Å². The number of aliphatic carboxylic acids is 1. The number of nitrogens with two attached hydrogens (primary N) is 1. The van der Waals surface area contributed by atoms with Crippen LogP contribution < -0.4 is 16.4 Å². The molecule has 0 aliphatic heterocycles. The fraction of sp³-hybridized carbons (Fsp3) is 0.625. The minimum atomic E-state index is -1.43. The number of urea groups is 1. The summed E-state index contributed by atoms with van der Waals surface area (Å²) in [5.74, 6) is -2.15. The highest BCUT2D eigenvalue weighted by Gasteiger charge is 2.28. The van der Waals surface area contributed by atoms with Crippen LogP contribution >= 0.6 is 0 Å². The van der Waals surface area contributed by atoms with Crippen molar-refractivity contribution < 1.29 is 24.6 Å². The van der Waals surface area contributed by atoms with Crippen molar-refractivity contribution in [3.8, 4) is 0 Å². The molecule has 0 aromatic heterocycles. The van der Waals surface area contributed by atoms with Gasteiger partial charge in [-0.25, -0.2) is 9.59 Å². The Morgan fingerprint density at radius 1 is 1.38 bits per heavy atom. The third kappa shape index (κ3) is 4.13. The lowest BCUT2D eigenvalue weighted by Gasteiger charge is -2.23. The second-order valence-electron chi connectivity index (χ2n) is 3.66. The van der Waals surface area contributed by atoms with Gasteiger partial charge in [0.05, 0.1) is 6.61 Å². The van der Waals surface area contributed by atoms with Crippen LogP contribution in [-0.2, 0) is 9.59 Å². The van der Waals surface area contributed by atoms with E-state index in [1.54, 1.807) is 0 Å². The molecule has 0 aliphatic carbocycles. The number of carboxylic acids is 1. The second-order valence-corrected chi connectivity index (χ2v) is 3.66. The molecule has 0 saturated carbocycles. The number of amides is 3. The average Bonchev–Trinajstić information content (AvgIpc) is 2.12. The molecule has 0 rings (SSSR count). The molecular weight excluding hydrogens is 218 g/mol. The molecular formula is C8H15N3O5. The number of hydrogen-bond acceptors (Lipinski definition) is 4. The Bertz CT molecular complexity index is 302. The Morgan fingerprint density at radius 2 is 1.88 bits per heavy atom. The standard InChI is InChI=1S/C8H15N3O5/c1-8(2,6(9)15)11-7(16)10-4(3-12)5(13)14/h4,12H,3H2,1-2H3,(H2,9,15)(H,13,14)(H2,10,11,16)/t4-/m1/s1. The first-order chi connectivity index (χ1) is 7.20. The second kappa shape index (κ2) is 5.31. The van der Waals surface area contributed by atoms with Crippen LogP contribution in [0, 0.1) is 0 Å². The van der Waals surface area contributed by atoms with E-state index in [4.69, 9.17) is 15.9 Å². The molecule has 0 aromatic carbocycles.